The summed E-state index contributed by atoms with van der Waals surface area (Å²) in [5, 5.41) is 5.13. The molecule has 0 atom stereocenters. The van der Waals surface area contributed by atoms with Crippen molar-refractivity contribution in [1.29, 1.82) is 0 Å². The quantitative estimate of drug-likeness (QED) is 0.0531. The third kappa shape index (κ3) is 14.0. The van der Waals surface area contributed by atoms with Gasteiger partial charge in [-0.3, -0.25) is 15.0 Å². The molecule has 2 aromatic heterocycles. The lowest BCUT2D eigenvalue weighted by Gasteiger charge is -2.27. The van der Waals surface area contributed by atoms with Gasteiger partial charge in [0.15, 0.2) is 23.3 Å². The molecule has 0 amide bonds. The lowest BCUT2D eigenvalue weighted by Crippen LogP contribution is -2.37. The molecule has 2 fully saturated rings. The van der Waals surface area contributed by atoms with E-state index in [-0.39, 0.29) is 60.8 Å². The summed E-state index contributed by atoms with van der Waals surface area (Å²) >= 11 is 12.1. The summed E-state index contributed by atoms with van der Waals surface area (Å²) in [5.74, 6) is 4.93. The molecular formula is C38H44Cl2F2N10O5. The van der Waals surface area contributed by atoms with E-state index >= 15 is 0 Å². The van der Waals surface area contributed by atoms with Gasteiger partial charge in [-0.05, 0) is 48.2 Å². The lowest BCUT2D eigenvalue weighted by molar-refractivity contribution is -0.122. The Morgan fingerprint density at radius 2 is 1.25 bits per heavy atom. The van der Waals surface area contributed by atoms with Gasteiger partial charge in [0.1, 0.15) is 17.9 Å². The van der Waals surface area contributed by atoms with Gasteiger partial charge in [-0.15, -0.1) is 0 Å². The summed E-state index contributed by atoms with van der Waals surface area (Å²) in [7, 11) is 0. The number of hydrogen-bond donors (Lipinski definition) is 3. The fraction of sp³-hybridized carbons (Fsp3) is 0.368. The van der Waals surface area contributed by atoms with E-state index in [2.05, 4.69) is 35.9 Å². The van der Waals surface area contributed by atoms with Gasteiger partial charge in [-0.1, -0.05) is 47.5 Å². The highest BCUT2D eigenvalue weighted by Crippen LogP contribution is 2.22. The Morgan fingerprint density at radius 1 is 0.789 bits per heavy atom. The predicted molar refractivity (Wildman–Crippen MR) is 215 cm³/mol. The number of nitrogen functional groups attached to an aromatic ring is 1. The fourth-order valence-electron chi connectivity index (χ4n) is 5.50. The molecule has 2 saturated heterocycles. The minimum atomic E-state index is -0.498. The number of rotatable bonds is 13. The normalized spacial score (nSPS) is 13.9. The molecule has 0 radical (unpaired) electrons. The highest BCUT2D eigenvalue weighted by Gasteiger charge is 2.19. The van der Waals surface area contributed by atoms with Gasteiger partial charge in [0.2, 0.25) is 11.9 Å². The molecule has 2 aliphatic rings. The largest absolute Gasteiger partial charge is 0.378 e. The Balaban J connectivity index is 0.000000209. The van der Waals surface area contributed by atoms with Crippen molar-refractivity contribution >= 4 is 70.8 Å². The Labute approximate surface area is 338 Å². The third-order valence-electron chi connectivity index (χ3n) is 8.54. The van der Waals surface area contributed by atoms with E-state index in [4.69, 9.17) is 38.5 Å². The van der Waals surface area contributed by atoms with Crippen molar-refractivity contribution in [1.82, 2.24) is 19.9 Å². The number of anilines is 4. The minimum Gasteiger partial charge on any atom is -0.378 e. The molecule has 15 nitrogen and oxygen atoms in total. The molecule has 57 heavy (non-hydrogen) atoms. The zero-order valence-electron chi connectivity index (χ0n) is 31.5. The smallest absolute Gasteiger partial charge is 0.245 e. The molecule has 0 unspecified atom stereocenters. The van der Waals surface area contributed by atoms with Crippen LogP contribution < -0.4 is 26.5 Å². The van der Waals surface area contributed by atoms with Gasteiger partial charge in [-0.2, -0.15) is 15.1 Å². The first kappa shape index (κ1) is 44.5. The molecule has 2 aliphatic heterocycles. The van der Waals surface area contributed by atoms with E-state index in [0.717, 1.165) is 34.6 Å². The number of aldehydes is 1. The van der Waals surface area contributed by atoms with Crippen molar-refractivity contribution in [2.45, 2.75) is 39.5 Å². The van der Waals surface area contributed by atoms with Crippen LogP contribution in [0.3, 0.4) is 0 Å². The van der Waals surface area contributed by atoms with Crippen molar-refractivity contribution in [3.8, 4) is 0 Å². The van der Waals surface area contributed by atoms with Crippen LogP contribution >= 0.6 is 23.2 Å². The van der Waals surface area contributed by atoms with Gasteiger partial charge in [0, 0.05) is 61.7 Å². The van der Waals surface area contributed by atoms with Crippen LogP contribution in [0.1, 0.15) is 35.1 Å². The van der Waals surface area contributed by atoms with Crippen LogP contribution in [0.25, 0.3) is 0 Å². The summed E-state index contributed by atoms with van der Waals surface area (Å²) in [6.07, 6.45) is 4.84. The monoisotopic (exact) mass is 828 g/mol. The predicted octanol–water partition coefficient (Wildman–Crippen LogP) is 5.10. The molecule has 19 heteroatoms. The number of carbonyl (C=O) groups is 3. The highest BCUT2D eigenvalue weighted by atomic mass is 35.5. The topological polar surface area (TPSA) is 190 Å². The molecule has 6 rings (SSSR count). The molecule has 304 valence electrons. The number of aryl methyl sites for hydroxylation is 2. The number of hydrogen-bond acceptors (Lipinski definition) is 15. The van der Waals surface area contributed by atoms with E-state index in [1.807, 2.05) is 38.1 Å². The molecule has 4 aromatic rings. The van der Waals surface area contributed by atoms with Gasteiger partial charge >= 0.3 is 0 Å². The van der Waals surface area contributed by atoms with Crippen LogP contribution in [0, 0.1) is 25.5 Å². The Morgan fingerprint density at radius 3 is 1.70 bits per heavy atom. The van der Waals surface area contributed by atoms with Crippen molar-refractivity contribution in [2.24, 2.45) is 10.9 Å². The average molecular weight is 830 g/mol. The Kier molecular flexibility index (Phi) is 18.1. The number of halogens is 4. The first-order chi connectivity index (χ1) is 27.5. The molecule has 0 aliphatic carbocycles. The van der Waals surface area contributed by atoms with Crippen LogP contribution in [0.4, 0.5) is 32.3 Å². The second-order valence-corrected chi connectivity index (χ2v) is 13.4. The van der Waals surface area contributed by atoms with Crippen LogP contribution in [0.2, 0.25) is 10.0 Å². The standard InChI is InChI=1S/C19H21ClFN5O2.C11H11ClO2.C8H12FN5O/c1-13-3-2-4-16(20)15(13)11-14(27)5-6-23-25-19-22-12-17(21)18(24-19)26-7-9-28-10-8-26;1-8-3-2-4-11(12)10(8)7-9(14)5-6-13;9-6-5-11-8(13-10)12-7(6)14-1-3-15-4-2-14/h2-4,6,12H,5,7-11H2,1H3,(H,22,24,25);2-4,6H,5,7H2,1H3;5H,1-4,10H2,(H,11,12,13)/b23-6+;;. The van der Waals surface area contributed by atoms with Gasteiger partial charge < -0.3 is 24.1 Å². The van der Waals surface area contributed by atoms with E-state index < -0.39 is 11.6 Å². The van der Waals surface area contributed by atoms with Crippen LogP contribution in [0.5, 0.6) is 0 Å². The number of ketones is 2. The number of hydrazone groups is 1. The second kappa shape index (κ2) is 23.1. The van der Waals surface area contributed by atoms with E-state index in [0.29, 0.717) is 68.9 Å². The summed E-state index contributed by atoms with van der Waals surface area (Å²) in [6, 6.07) is 11.0. The number of ether oxygens (including phenoxy) is 2. The summed E-state index contributed by atoms with van der Waals surface area (Å²) in [4.78, 5) is 52.8. The number of Topliss-reactive ketones (excluding diaryl/α,β-unsaturated/α-hetero) is 2. The number of hydrazine groups is 1. The minimum absolute atomic E-state index is 0.0178. The molecule has 2 aromatic carbocycles. The zero-order chi connectivity index (χ0) is 41.2. The number of nitrogens with zero attached hydrogens (tertiary/aromatic N) is 7. The highest BCUT2D eigenvalue weighted by molar-refractivity contribution is 6.32. The third-order valence-corrected chi connectivity index (χ3v) is 9.25. The molecule has 4 N–H and O–H groups in total. The van der Waals surface area contributed by atoms with Gasteiger partial charge in [0.25, 0.3) is 0 Å². The zero-order valence-corrected chi connectivity index (χ0v) is 33.0. The molecule has 0 spiro atoms. The van der Waals surface area contributed by atoms with Crippen LogP contribution in [0.15, 0.2) is 53.9 Å². The number of nitrogens with one attached hydrogen (secondary N) is 2. The number of nitrogens with two attached hydrogens (primary N) is 1. The first-order valence-electron chi connectivity index (χ1n) is 17.9. The molecule has 0 saturated carbocycles. The molecule has 4 heterocycles. The summed E-state index contributed by atoms with van der Waals surface area (Å²) in [5.41, 5.74) is 8.53. The van der Waals surface area contributed by atoms with E-state index in [1.54, 1.807) is 21.9 Å². The summed E-state index contributed by atoms with van der Waals surface area (Å²) in [6.45, 7) is 8.39. The Hall–Kier alpha value is -5.20. The van der Waals surface area contributed by atoms with Crippen molar-refractivity contribution in [2.75, 3.05) is 73.3 Å². The SMILES string of the molecule is Cc1cccc(Cl)c1CC(=O)C/C=N/Nc1ncc(F)c(N2CCOCC2)n1.Cc1cccc(Cl)c1CC(=O)CC=O.NNc1ncc(F)c(N2CCOCC2)n1. The average Bonchev–Trinajstić information content (AvgIpc) is 3.21. The number of benzene rings is 2. The molecular weight excluding hydrogens is 785 g/mol. The van der Waals surface area contributed by atoms with Crippen molar-refractivity contribution in [3.63, 3.8) is 0 Å². The fourth-order valence-corrected chi connectivity index (χ4v) is 6.07. The molecule has 0 bridgehead atoms. The van der Waals surface area contributed by atoms with E-state index in [9.17, 15) is 23.2 Å². The van der Waals surface area contributed by atoms with Crippen LogP contribution in [-0.4, -0.2) is 96.6 Å². The lowest BCUT2D eigenvalue weighted by atomic mass is 10.0. The van der Waals surface area contributed by atoms with Crippen molar-refractivity contribution < 1.29 is 32.6 Å². The number of carbonyl (C=O) groups excluding carboxylic acids is 3. The van der Waals surface area contributed by atoms with Crippen molar-refractivity contribution in [3.05, 3.63) is 92.7 Å². The number of morpholine rings is 2. The van der Waals surface area contributed by atoms with Gasteiger partial charge in [0.05, 0.1) is 45.2 Å². The van der Waals surface area contributed by atoms with Gasteiger partial charge in [-0.25, -0.2) is 30.0 Å². The van der Waals surface area contributed by atoms with E-state index in [1.165, 1.54) is 6.21 Å². The van der Waals surface area contributed by atoms with Crippen LogP contribution in [-0.2, 0) is 36.7 Å². The maximum absolute atomic E-state index is 14.0. The second-order valence-electron chi connectivity index (χ2n) is 12.6. The maximum atomic E-state index is 14.0. The first-order valence-corrected chi connectivity index (χ1v) is 18.7. The number of aromatic nitrogens is 4. The summed E-state index contributed by atoms with van der Waals surface area (Å²) < 4.78 is 37.8. The Bertz CT molecular complexity index is 1960. The maximum Gasteiger partial charge on any atom is 0.245 e.